The van der Waals surface area contributed by atoms with E-state index in [4.69, 9.17) is 26.8 Å². The van der Waals surface area contributed by atoms with Crippen molar-refractivity contribution in [3.8, 4) is 6.07 Å². The highest BCUT2D eigenvalue weighted by Gasteiger charge is 2.38. The van der Waals surface area contributed by atoms with Gasteiger partial charge in [0.25, 0.3) is 5.91 Å². The lowest BCUT2D eigenvalue weighted by Gasteiger charge is -2.36. The van der Waals surface area contributed by atoms with Gasteiger partial charge in [-0.15, -0.1) is 10.2 Å². The number of carbonyl (C=O) groups is 2. The summed E-state index contributed by atoms with van der Waals surface area (Å²) in [5.41, 5.74) is 1.84. The topological polar surface area (TPSA) is 134 Å². The molecule has 0 atom stereocenters. The van der Waals surface area contributed by atoms with Gasteiger partial charge in [-0.1, -0.05) is 11.6 Å². The summed E-state index contributed by atoms with van der Waals surface area (Å²) in [6, 6.07) is 11.8. The van der Waals surface area contributed by atoms with Crippen LogP contribution in [-0.2, 0) is 4.79 Å². The highest BCUT2D eigenvalue weighted by atomic mass is 35.5. The van der Waals surface area contributed by atoms with Crippen LogP contribution in [-0.4, -0.2) is 78.7 Å². The number of alkyl halides is 3. The fraction of sp³-hybridized carbons (Fsp3) is 0.480. The smallest absolute Gasteiger partial charge is 0.475 e. The summed E-state index contributed by atoms with van der Waals surface area (Å²) in [6.07, 6.45) is -1.35. The maximum Gasteiger partial charge on any atom is 0.490 e. The number of benzene rings is 1. The first-order valence-electron chi connectivity index (χ1n) is 12.3. The number of piperazine rings is 1. The molecule has 0 unspecified atom stereocenters. The number of hydrogen-bond acceptors (Lipinski definition) is 8. The third-order valence-electron chi connectivity index (χ3n) is 6.63. The molecule has 2 fully saturated rings. The molecule has 1 aromatic heterocycles. The van der Waals surface area contributed by atoms with Gasteiger partial charge in [-0.05, 0) is 56.0 Å². The molecule has 1 aromatic carbocycles. The van der Waals surface area contributed by atoms with E-state index in [2.05, 4.69) is 43.7 Å². The van der Waals surface area contributed by atoms with Crippen LogP contribution in [0.25, 0.3) is 0 Å². The van der Waals surface area contributed by atoms with Crippen molar-refractivity contribution < 1.29 is 27.9 Å². The van der Waals surface area contributed by atoms with Gasteiger partial charge in [0.15, 0.2) is 11.5 Å². The van der Waals surface area contributed by atoms with E-state index in [1.807, 2.05) is 18.2 Å². The minimum Gasteiger partial charge on any atom is -0.475 e. The predicted octanol–water partition coefficient (Wildman–Crippen LogP) is 3.22. The van der Waals surface area contributed by atoms with E-state index in [9.17, 15) is 18.0 Å². The molecule has 1 saturated heterocycles. The van der Waals surface area contributed by atoms with Gasteiger partial charge in [0.1, 0.15) is 6.07 Å². The van der Waals surface area contributed by atoms with Crippen LogP contribution in [0.4, 0.5) is 24.7 Å². The van der Waals surface area contributed by atoms with Crippen molar-refractivity contribution in [3.05, 3.63) is 46.6 Å². The van der Waals surface area contributed by atoms with Gasteiger partial charge in [-0.25, -0.2) is 4.79 Å². The first-order chi connectivity index (χ1) is 18.5. The summed E-state index contributed by atoms with van der Waals surface area (Å²) in [5, 5.41) is 31.5. The number of amides is 1. The van der Waals surface area contributed by atoms with Crippen LogP contribution in [0, 0.1) is 11.3 Å². The van der Waals surface area contributed by atoms with Gasteiger partial charge < -0.3 is 25.5 Å². The molecule has 2 aliphatic rings. The third-order valence-corrected chi connectivity index (χ3v) is 6.94. The molecule has 1 aliphatic carbocycles. The van der Waals surface area contributed by atoms with Crippen LogP contribution in [0.5, 0.6) is 0 Å². The number of aliphatic carboxylic acids is 1. The minimum absolute atomic E-state index is 0.131. The number of hydrogen-bond donors (Lipinski definition) is 3. The van der Waals surface area contributed by atoms with Crippen molar-refractivity contribution >= 4 is 35.0 Å². The maximum absolute atomic E-state index is 12.6. The van der Waals surface area contributed by atoms with E-state index < -0.39 is 12.1 Å². The molecule has 3 N–H and O–H groups in total. The van der Waals surface area contributed by atoms with E-state index in [0.29, 0.717) is 22.3 Å². The zero-order valence-electron chi connectivity index (χ0n) is 21.2. The second-order valence-corrected chi connectivity index (χ2v) is 9.59. The summed E-state index contributed by atoms with van der Waals surface area (Å²) in [6.45, 7) is 3.65. The van der Waals surface area contributed by atoms with Crippen molar-refractivity contribution in [2.45, 2.75) is 43.9 Å². The number of carboxylic acid groups (broad SMARTS) is 1. The Balaban J connectivity index is 0.000000532. The molecule has 0 spiro atoms. The Labute approximate surface area is 228 Å². The van der Waals surface area contributed by atoms with Crippen LogP contribution in [0.2, 0.25) is 5.02 Å². The third kappa shape index (κ3) is 8.43. The van der Waals surface area contributed by atoms with E-state index >= 15 is 0 Å². The highest BCUT2D eigenvalue weighted by Crippen LogP contribution is 2.29. The Morgan fingerprint density at radius 3 is 2.31 bits per heavy atom. The Kier molecular flexibility index (Phi) is 10.3. The number of nitrogens with zero attached hydrogens (tertiary/aromatic N) is 5. The summed E-state index contributed by atoms with van der Waals surface area (Å²) >= 11 is 6.19. The van der Waals surface area contributed by atoms with Crippen molar-refractivity contribution in [2.24, 2.45) is 0 Å². The Morgan fingerprint density at radius 1 is 1.15 bits per heavy atom. The van der Waals surface area contributed by atoms with Crippen molar-refractivity contribution in [2.75, 3.05) is 43.0 Å². The Bertz CT molecular complexity index is 1180. The minimum atomic E-state index is -5.08. The number of nitriles is 1. The fourth-order valence-electron chi connectivity index (χ4n) is 4.40. The molecule has 4 rings (SSSR count). The predicted molar refractivity (Wildman–Crippen MR) is 139 cm³/mol. The van der Waals surface area contributed by atoms with Crippen LogP contribution >= 0.6 is 11.6 Å². The second kappa shape index (κ2) is 13.4. The first kappa shape index (κ1) is 29.9. The quantitative estimate of drug-likeness (QED) is 0.498. The largest absolute Gasteiger partial charge is 0.490 e. The van der Waals surface area contributed by atoms with Crippen molar-refractivity contribution in [3.63, 3.8) is 0 Å². The number of anilines is 2. The molecule has 0 bridgehead atoms. The summed E-state index contributed by atoms with van der Waals surface area (Å²) < 4.78 is 31.7. The standard InChI is InChI=1S/C23H28ClN7O.C2HF3O2/c1-30(19-5-2-16(15-25)20(24)14-19)18-6-3-17(4-7-18)27-23(32)21-8-9-22(29-28-21)31-12-10-26-11-13-31;3-2(4,5)1(6)7/h2,5,8-9,14,17-18,26H,3-4,6-7,10-13H2,1H3,(H,27,32);(H,6,7). The Hall–Kier alpha value is -3.63. The van der Waals surface area contributed by atoms with Crippen LogP contribution < -0.4 is 20.4 Å². The lowest BCUT2D eigenvalue weighted by Crippen LogP contribution is -2.44. The molecule has 210 valence electrons. The van der Waals surface area contributed by atoms with Gasteiger partial charge in [0, 0.05) is 51.0 Å². The molecule has 2 aromatic rings. The average Bonchev–Trinajstić information content (AvgIpc) is 2.93. The number of halogens is 4. The first-order valence-corrected chi connectivity index (χ1v) is 12.7. The number of carbonyl (C=O) groups excluding carboxylic acids is 1. The second-order valence-electron chi connectivity index (χ2n) is 9.18. The Morgan fingerprint density at radius 2 is 1.79 bits per heavy atom. The van der Waals surface area contributed by atoms with Gasteiger partial charge in [-0.3, -0.25) is 4.79 Å². The van der Waals surface area contributed by atoms with E-state index in [1.54, 1.807) is 12.1 Å². The molecule has 1 saturated carbocycles. The van der Waals surface area contributed by atoms with Crippen molar-refractivity contribution in [1.29, 1.82) is 5.26 Å². The van der Waals surface area contributed by atoms with E-state index in [-0.39, 0.29) is 11.9 Å². The molecule has 2 heterocycles. The van der Waals surface area contributed by atoms with E-state index in [0.717, 1.165) is 63.4 Å². The molecule has 39 heavy (non-hydrogen) atoms. The lowest BCUT2D eigenvalue weighted by atomic mass is 9.90. The number of carboxylic acids is 1. The maximum atomic E-state index is 12.6. The monoisotopic (exact) mass is 567 g/mol. The molecule has 0 radical (unpaired) electrons. The summed E-state index contributed by atoms with van der Waals surface area (Å²) in [4.78, 5) is 25.9. The SMILES string of the molecule is CN(c1ccc(C#N)c(Cl)c1)C1CCC(NC(=O)c2ccc(N3CCNCC3)nn2)CC1.O=C(O)C(F)(F)F. The molecule has 1 amide bonds. The summed E-state index contributed by atoms with van der Waals surface area (Å²) in [7, 11) is 2.05. The normalized spacial score (nSPS) is 19.2. The fourth-order valence-corrected chi connectivity index (χ4v) is 4.62. The number of aromatic nitrogens is 2. The van der Waals surface area contributed by atoms with Gasteiger partial charge in [0.05, 0.1) is 10.6 Å². The van der Waals surface area contributed by atoms with Gasteiger partial charge >= 0.3 is 12.1 Å². The van der Waals surface area contributed by atoms with Crippen molar-refractivity contribution in [1.82, 2.24) is 20.8 Å². The molecular weight excluding hydrogens is 539 g/mol. The average molecular weight is 568 g/mol. The zero-order chi connectivity index (χ0) is 28.6. The molecule has 14 heteroatoms. The lowest BCUT2D eigenvalue weighted by molar-refractivity contribution is -0.192. The number of nitrogens with one attached hydrogen (secondary N) is 2. The highest BCUT2D eigenvalue weighted by molar-refractivity contribution is 6.32. The van der Waals surface area contributed by atoms with E-state index in [1.165, 1.54) is 0 Å². The summed E-state index contributed by atoms with van der Waals surface area (Å²) in [5.74, 6) is -2.11. The van der Waals surface area contributed by atoms with Gasteiger partial charge in [0.2, 0.25) is 0 Å². The molecule has 1 aliphatic heterocycles. The van der Waals surface area contributed by atoms with Crippen LogP contribution in [0.3, 0.4) is 0 Å². The molecule has 10 nitrogen and oxygen atoms in total. The van der Waals surface area contributed by atoms with Crippen LogP contribution in [0.1, 0.15) is 41.7 Å². The van der Waals surface area contributed by atoms with Crippen LogP contribution in [0.15, 0.2) is 30.3 Å². The number of rotatable bonds is 5. The van der Waals surface area contributed by atoms with Gasteiger partial charge in [-0.2, -0.15) is 18.4 Å². The zero-order valence-corrected chi connectivity index (χ0v) is 22.0. The molecular formula is C25H29ClF3N7O3.